The fourth-order valence-electron chi connectivity index (χ4n) is 3.22. The molecule has 5 nitrogen and oxygen atoms in total. The van der Waals surface area contributed by atoms with Gasteiger partial charge in [0.25, 0.3) is 0 Å². The van der Waals surface area contributed by atoms with Gasteiger partial charge in [0, 0.05) is 49.1 Å². The van der Waals surface area contributed by atoms with Gasteiger partial charge >= 0.3 is 0 Å². The van der Waals surface area contributed by atoms with Gasteiger partial charge in [-0.3, -0.25) is 4.99 Å². The second kappa shape index (κ2) is 6.51. The molecule has 1 aromatic heterocycles. The van der Waals surface area contributed by atoms with Crippen molar-refractivity contribution in [2.24, 2.45) is 4.99 Å². The Hall–Kier alpha value is -1.56. The number of hydrogen-bond donors (Lipinski definition) is 1. The Labute approximate surface area is 141 Å². The Bertz CT molecular complexity index is 650. The van der Waals surface area contributed by atoms with Crippen molar-refractivity contribution in [1.82, 2.24) is 14.9 Å². The van der Waals surface area contributed by atoms with Gasteiger partial charge in [-0.25, -0.2) is 9.97 Å². The molecule has 122 valence electrons. The van der Waals surface area contributed by atoms with E-state index >= 15 is 0 Å². The van der Waals surface area contributed by atoms with Gasteiger partial charge in [0.2, 0.25) is 5.95 Å². The maximum absolute atomic E-state index is 4.72. The van der Waals surface area contributed by atoms with Gasteiger partial charge in [0.05, 0.1) is 0 Å². The first-order valence-electron chi connectivity index (χ1n) is 8.57. The Balaban J connectivity index is 1.35. The summed E-state index contributed by atoms with van der Waals surface area (Å²) in [7, 11) is 0. The van der Waals surface area contributed by atoms with Crippen LogP contribution in [0.1, 0.15) is 49.4 Å². The average Bonchev–Trinajstić information content (AvgIpc) is 2.89. The van der Waals surface area contributed by atoms with E-state index in [0.717, 1.165) is 44.1 Å². The summed E-state index contributed by atoms with van der Waals surface area (Å²) in [6, 6.07) is 2.14. The van der Waals surface area contributed by atoms with Gasteiger partial charge < -0.3 is 10.2 Å². The highest BCUT2D eigenvalue weighted by Gasteiger charge is 2.24. The standard InChI is InChI=1S/C17H23N5S/c1-12-10-15(13-4-2-5-13)21-16(20-12)18-8-6-14-11-23-17-19-7-3-9-22(14)17/h10-11,13H,2-9H2,1H3,(H,18,20,21). The molecule has 0 aromatic carbocycles. The van der Waals surface area contributed by atoms with Crippen molar-refractivity contribution in [3.63, 3.8) is 0 Å². The molecule has 3 aliphatic rings. The van der Waals surface area contributed by atoms with E-state index in [-0.39, 0.29) is 0 Å². The summed E-state index contributed by atoms with van der Waals surface area (Å²) in [5.74, 6) is 1.43. The third kappa shape index (κ3) is 3.22. The van der Waals surface area contributed by atoms with Crippen LogP contribution in [0.5, 0.6) is 0 Å². The number of amidine groups is 1. The van der Waals surface area contributed by atoms with E-state index in [2.05, 4.69) is 38.6 Å². The van der Waals surface area contributed by atoms with Crippen molar-refractivity contribution in [3.05, 3.63) is 28.6 Å². The van der Waals surface area contributed by atoms with Crippen LogP contribution in [0.4, 0.5) is 5.95 Å². The van der Waals surface area contributed by atoms with Crippen LogP contribution in [0, 0.1) is 6.92 Å². The topological polar surface area (TPSA) is 53.4 Å². The van der Waals surface area contributed by atoms with Crippen LogP contribution in [0.3, 0.4) is 0 Å². The van der Waals surface area contributed by atoms with Crippen LogP contribution in [0.15, 0.2) is 22.2 Å². The number of thioether (sulfide) groups is 1. The van der Waals surface area contributed by atoms with E-state index in [1.54, 1.807) is 11.8 Å². The first-order valence-corrected chi connectivity index (χ1v) is 9.45. The summed E-state index contributed by atoms with van der Waals surface area (Å²) < 4.78 is 0. The molecular formula is C17H23N5S. The van der Waals surface area contributed by atoms with Crippen molar-refractivity contribution in [2.45, 2.75) is 44.9 Å². The maximum Gasteiger partial charge on any atom is 0.223 e. The van der Waals surface area contributed by atoms with E-state index in [9.17, 15) is 0 Å². The lowest BCUT2D eigenvalue weighted by Gasteiger charge is -2.26. The monoisotopic (exact) mass is 329 g/mol. The zero-order chi connectivity index (χ0) is 15.6. The first-order chi connectivity index (χ1) is 11.3. The van der Waals surface area contributed by atoms with Gasteiger partial charge in [-0.05, 0) is 37.7 Å². The molecule has 6 heteroatoms. The zero-order valence-corrected chi connectivity index (χ0v) is 14.4. The van der Waals surface area contributed by atoms with Crippen LogP contribution in [0.2, 0.25) is 0 Å². The summed E-state index contributed by atoms with van der Waals surface area (Å²) in [5.41, 5.74) is 3.64. The molecule has 1 saturated carbocycles. The number of aromatic nitrogens is 2. The summed E-state index contributed by atoms with van der Waals surface area (Å²) in [6.45, 7) is 5.00. The number of fused-ring (bicyclic) bond motifs is 1. The van der Waals surface area contributed by atoms with E-state index < -0.39 is 0 Å². The molecule has 0 amide bonds. The Kier molecular flexibility index (Phi) is 4.25. The highest BCUT2D eigenvalue weighted by Crippen LogP contribution is 2.35. The Morgan fingerprint density at radius 3 is 3.04 bits per heavy atom. The smallest absolute Gasteiger partial charge is 0.223 e. The first kappa shape index (κ1) is 15.0. The lowest BCUT2D eigenvalue weighted by molar-refractivity contribution is 0.410. The molecule has 1 fully saturated rings. The number of nitrogens with one attached hydrogen (secondary N) is 1. The van der Waals surface area contributed by atoms with Gasteiger partial charge in [0.15, 0.2) is 5.17 Å². The number of aliphatic imine (C=N–C) groups is 1. The molecule has 0 unspecified atom stereocenters. The number of anilines is 1. The number of rotatable bonds is 5. The van der Waals surface area contributed by atoms with Crippen LogP contribution < -0.4 is 5.32 Å². The highest BCUT2D eigenvalue weighted by atomic mass is 32.2. The molecule has 0 radical (unpaired) electrons. The predicted molar refractivity (Wildman–Crippen MR) is 95.8 cm³/mol. The lowest BCUT2D eigenvalue weighted by Crippen LogP contribution is -2.30. The maximum atomic E-state index is 4.72. The normalized spacial score (nSPS) is 20.7. The number of aryl methyl sites for hydroxylation is 1. The Morgan fingerprint density at radius 1 is 1.30 bits per heavy atom. The van der Waals surface area contributed by atoms with E-state index in [1.165, 1.54) is 35.8 Å². The van der Waals surface area contributed by atoms with Gasteiger partial charge in [-0.1, -0.05) is 18.2 Å². The molecule has 2 aliphatic heterocycles. The summed E-state index contributed by atoms with van der Waals surface area (Å²) in [5, 5.41) is 6.82. The predicted octanol–water partition coefficient (Wildman–Crippen LogP) is 3.50. The van der Waals surface area contributed by atoms with Gasteiger partial charge in [0.1, 0.15) is 0 Å². The molecule has 1 aromatic rings. The van der Waals surface area contributed by atoms with Crippen molar-refractivity contribution in [2.75, 3.05) is 25.0 Å². The third-order valence-electron chi connectivity index (χ3n) is 4.73. The zero-order valence-electron chi connectivity index (χ0n) is 13.6. The molecule has 4 rings (SSSR count). The molecule has 0 atom stereocenters. The van der Waals surface area contributed by atoms with Crippen LogP contribution in [-0.4, -0.2) is 39.7 Å². The summed E-state index contributed by atoms with van der Waals surface area (Å²) in [4.78, 5) is 16.2. The van der Waals surface area contributed by atoms with E-state index in [1.807, 2.05) is 0 Å². The van der Waals surface area contributed by atoms with Crippen molar-refractivity contribution in [1.29, 1.82) is 0 Å². The van der Waals surface area contributed by atoms with Crippen LogP contribution >= 0.6 is 11.8 Å². The van der Waals surface area contributed by atoms with Crippen molar-refractivity contribution >= 4 is 22.9 Å². The molecule has 1 N–H and O–H groups in total. The van der Waals surface area contributed by atoms with Crippen LogP contribution in [0.25, 0.3) is 0 Å². The minimum atomic E-state index is 0.651. The fraction of sp³-hybridized carbons (Fsp3) is 0.588. The minimum Gasteiger partial charge on any atom is -0.354 e. The Morgan fingerprint density at radius 2 is 2.22 bits per heavy atom. The second-order valence-electron chi connectivity index (χ2n) is 6.46. The molecule has 1 aliphatic carbocycles. The van der Waals surface area contributed by atoms with Crippen molar-refractivity contribution in [3.8, 4) is 0 Å². The molecule has 23 heavy (non-hydrogen) atoms. The molecule has 0 bridgehead atoms. The van der Waals surface area contributed by atoms with E-state index in [0.29, 0.717) is 5.92 Å². The number of nitrogens with zero attached hydrogens (tertiary/aromatic N) is 4. The SMILES string of the molecule is Cc1cc(C2CCC2)nc(NCCC2=CSC3=NCCCN23)n1. The fourth-order valence-corrected chi connectivity index (χ4v) is 4.21. The van der Waals surface area contributed by atoms with Crippen molar-refractivity contribution < 1.29 is 0 Å². The lowest BCUT2D eigenvalue weighted by atomic mass is 9.83. The third-order valence-corrected chi connectivity index (χ3v) is 5.68. The van der Waals surface area contributed by atoms with Gasteiger partial charge in [-0.2, -0.15) is 0 Å². The summed E-state index contributed by atoms with van der Waals surface area (Å²) >= 11 is 1.75. The molecule has 0 spiro atoms. The summed E-state index contributed by atoms with van der Waals surface area (Å²) in [6.07, 6.45) is 6.03. The molecule has 3 heterocycles. The number of hydrogen-bond acceptors (Lipinski definition) is 6. The van der Waals surface area contributed by atoms with E-state index in [4.69, 9.17) is 4.98 Å². The highest BCUT2D eigenvalue weighted by molar-refractivity contribution is 8.16. The van der Waals surface area contributed by atoms with Crippen LogP contribution in [-0.2, 0) is 0 Å². The second-order valence-corrected chi connectivity index (χ2v) is 7.30. The average molecular weight is 329 g/mol. The largest absolute Gasteiger partial charge is 0.354 e. The van der Waals surface area contributed by atoms with Gasteiger partial charge in [-0.15, -0.1) is 0 Å². The minimum absolute atomic E-state index is 0.651. The molecular weight excluding hydrogens is 306 g/mol. The quantitative estimate of drug-likeness (QED) is 0.896. The molecule has 0 saturated heterocycles.